The van der Waals surface area contributed by atoms with Gasteiger partial charge in [0, 0.05) is 32.7 Å². The fraction of sp³-hybridized carbons (Fsp3) is 0.462. The largest absolute Gasteiger partial charge is 0.353 e. The molecule has 0 bridgehead atoms. The number of rotatable bonds is 8. The Kier molecular flexibility index (Phi) is 7.03. The lowest BCUT2D eigenvalue weighted by Crippen LogP contribution is -2.56. The van der Waals surface area contributed by atoms with Gasteiger partial charge < -0.3 is 10.2 Å². The Morgan fingerprint density at radius 3 is 2.55 bits per heavy atom. The Morgan fingerprint density at radius 2 is 1.84 bits per heavy atom. The number of hydrogen-bond donors (Lipinski definition) is 1. The fourth-order valence-electron chi connectivity index (χ4n) is 4.52. The predicted molar refractivity (Wildman–Crippen MR) is 122 cm³/mol. The lowest BCUT2D eigenvalue weighted by molar-refractivity contribution is -0.140. The smallest absolute Gasteiger partial charge is 0.237 e. The third kappa shape index (κ3) is 5.53. The lowest BCUT2D eigenvalue weighted by atomic mass is 9.85. The van der Waals surface area contributed by atoms with Crippen molar-refractivity contribution in [3.8, 4) is 0 Å². The van der Waals surface area contributed by atoms with Crippen molar-refractivity contribution >= 4 is 11.8 Å². The maximum atomic E-state index is 13.4. The van der Waals surface area contributed by atoms with Gasteiger partial charge >= 0.3 is 0 Å². The summed E-state index contributed by atoms with van der Waals surface area (Å²) in [6.07, 6.45) is 3.88. The van der Waals surface area contributed by atoms with Crippen molar-refractivity contribution in [3.63, 3.8) is 0 Å². The van der Waals surface area contributed by atoms with Crippen molar-refractivity contribution in [1.82, 2.24) is 15.1 Å². The monoisotopic (exact) mass is 419 g/mol. The van der Waals surface area contributed by atoms with Crippen LogP contribution in [0.5, 0.6) is 0 Å². The van der Waals surface area contributed by atoms with Crippen molar-refractivity contribution in [3.05, 3.63) is 71.3 Å². The highest BCUT2D eigenvalue weighted by atomic mass is 16.2. The number of nitrogens with one attached hydrogen (secondary N) is 1. The molecule has 2 fully saturated rings. The molecule has 0 aromatic heterocycles. The summed E-state index contributed by atoms with van der Waals surface area (Å²) in [6, 6.07) is 18.0. The molecule has 164 valence electrons. The Bertz CT molecular complexity index is 895. The Hall–Kier alpha value is -2.66. The molecule has 0 spiro atoms. The van der Waals surface area contributed by atoms with Gasteiger partial charge in [0.05, 0.1) is 12.5 Å². The summed E-state index contributed by atoms with van der Waals surface area (Å²) < 4.78 is 0. The fourth-order valence-corrected chi connectivity index (χ4v) is 4.52. The molecule has 2 aromatic rings. The molecular weight excluding hydrogens is 386 g/mol. The van der Waals surface area contributed by atoms with Crippen LogP contribution >= 0.6 is 0 Å². The standard InChI is InChI=1S/C26H33N3O2/c1-20-8-5-6-13-23(20)19-28-15-14-27-26(31)24(28)16-25(30)29(18-22-11-7-12-22)17-21-9-3-2-4-10-21/h2-6,8-10,13,22,24H,7,11-12,14-19H2,1H3,(H,27,31). The second-order valence-electron chi connectivity index (χ2n) is 8.96. The van der Waals surface area contributed by atoms with Gasteiger partial charge in [-0.25, -0.2) is 0 Å². The SMILES string of the molecule is Cc1ccccc1CN1CCNC(=O)C1CC(=O)N(Cc1ccccc1)CC1CCC1. The van der Waals surface area contributed by atoms with Gasteiger partial charge in [-0.15, -0.1) is 0 Å². The highest BCUT2D eigenvalue weighted by Gasteiger charge is 2.34. The molecule has 1 atom stereocenters. The molecule has 1 aliphatic carbocycles. The first-order valence-electron chi connectivity index (χ1n) is 11.5. The summed E-state index contributed by atoms with van der Waals surface area (Å²) in [5.41, 5.74) is 3.57. The minimum absolute atomic E-state index is 0.0310. The van der Waals surface area contributed by atoms with Gasteiger partial charge in [-0.1, -0.05) is 61.0 Å². The van der Waals surface area contributed by atoms with Crippen LogP contribution in [0.3, 0.4) is 0 Å². The third-order valence-electron chi connectivity index (χ3n) is 6.72. The van der Waals surface area contributed by atoms with E-state index in [0.29, 0.717) is 25.6 Å². The maximum Gasteiger partial charge on any atom is 0.237 e. The molecular formula is C26H33N3O2. The second-order valence-corrected chi connectivity index (χ2v) is 8.96. The van der Waals surface area contributed by atoms with Crippen LogP contribution in [0, 0.1) is 12.8 Å². The zero-order valence-electron chi connectivity index (χ0n) is 18.4. The molecule has 1 unspecified atom stereocenters. The second kappa shape index (κ2) is 10.1. The maximum absolute atomic E-state index is 13.4. The molecule has 2 amide bonds. The number of hydrogen-bond acceptors (Lipinski definition) is 3. The van der Waals surface area contributed by atoms with Gasteiger partial charge in [0.25, 0.3) is 0 Å². The van der Waals surface area contributed by atoms with Crippen LogP contribution in [-0.2, 0) is 22.7 Å². The molecule has 1 heterocycles. The number of amides is 2. The van der Waals surface area contributed by atoms with Crippen molar-refractivity contribution in [1.29, 1.82) is 0 Å². The number of carbonyl (C=O) groups excluding carboxylic acids is 2. The number of aryl methyl sites for hydroxylation is 1. The molecule has 0 radical (unpaired) electrons. The zero-order chi connectivity index (χ0) is 21.6. The zero-order valence-corrected chi connectivity index (χ0v) is 18.4. The molecule has 1 saturated heterocycles. The predicted octanol–water partition coefficient (Wildman–Crippen LogP) is 3.51. The highest BCUT2D eigenvalue weighted by molar-refractivity contribution is 5.88. The summed E-state index contributed by atoms with van der Waals surface area (Å²) >= 11 is 0. The molecule has 2 aromatic carbocycles. The molecule has 2 aliphatic rings. The van der Waals surface area contributed by atoms with E-state index >= 15 is 0 Å². The van der Waals surface area contributed by atoms with Gasteiger partial charge in [-0.05, 0) is 42.4 Å². The molecule has 1 saturated carbocycles. The van der Waals surface area contributed by atoms with Crippen LogP contribution in [-0.4, -0.2) is 47.3 Å². The van der Waals surface area contributed by atoms with Crippen molar-refractivity contribution in [2.24, 2.45) is 5.92 Å². The molecule has 1 aliphatic heterocycles. The minimum atomic E-state index is -0.416. The average Bonchev–Trinajstić information content (AvgIpc) is 2.74. The first kappa shape index (κ1) is 21.6. The van der Waals surface area contributed by atoms with E-state index in [1.165, 1.54) is 30.4 Å². The molecule has 1 N–H and O–H groups in total. The van der Waals surface area contributed by atoms with E-state index < -0.39 is 6.04 Å². The summed E-state index contributed by atoms with van der Waals surface area (Å²) in [4.78, 5) is 30.3. The normalized spacial score (nSPS) is 19.5. The molecule has 5 nitrogen and oxygen atoms in total. The van der Waals surface area contributed by atoms with E-state index in [1.54, 1.807) is 0 Å². The van der Waals surface area contributed by atoms with Crippen LogP contribution < -0.4 is 5.32 Å². The van der Waals surface area contributed by atoms with Gasteiger partial charge in [0.2, 0.25) is 11.8 Å². The lowest BCUT2D eigenvalue weighted by Gasteiger charge is -2.37. The van der Waals surface area contributed by atoms with Crippen molar-refractivity contribution in [2.45, 2.75) is 51.7 Å². The van der Waals surface area contributed by atoms with E-state index in [2.05, 4.69) is 41.4 Å². The highest BCUT2D eigenvalue weighted by Crippen LogP contribution is 2.28. The Morgan fingerprint density at radius 1 is 1.10 bits per heavy atom. The van der Waals surface area contributed by atoms with Crippen LogP contribution in [0.15, 0.2) is 54.6 Å². The number of carbonyl (C=O) groups is 2. The van der Waals surface area contributed by atoms with E-state index in [1.807, 2.05) is 35.2 Å². The van der Waals surface area contributed by atoms with E-state index in [0.717, 1.165) is 18.7 Å². The topological polar surface area (TPSA) is 52.7 Å². The van der Waals surface area contributed by atoms with Gasteiger partial charge in [-0.3, -0.25) is 14.5 Å². The van der Waals surface area contributed by atoms with Gasteiger partial charge in [0.1, 0.15) is 0 Å². The molecule has 31 heavy (non-hydrogen) atoms. The first-order valence-corrected chi connectivity index (χ1v) is 11.5. The van der Waals surface area contributed by atoms with E-state index in [-0.39, 0.29) is 18.2 Å². The Balaban J connectivity index is 1.47. The summed E-state index contributed by atoms with van der Waals surface area (Å²) in [7, 11) is 0. The number of nitrogens with zero attached hydrogens (tertiary/aromatic N) is 2. The van der Waals surface area contributed by atoms with Gasteiger partial charge in [0.15, 0.2) is 0 Å². The van der Waals surface area contributed by atoms with Crippen molar-refractivity contribution in [2.75, 3.05) is 19.6 Å². The minimum Gasteiger partial charge on any atom is -0.353 e. The van der Waals surface area contributed by atoms with E-state index in [4.69, 9.17) is 0 Å². The molecule has 4 rings (SSSR count). The number of piperazine rings is 1. The summed E-state index contributed by atoms with van der Waals surface area (Å²) in [5.74, 6) is 0.639. The van der Waals surface area contributed by atoms with Gasteiger partial charge in [-0.2, -0.15) is 0 Å². The summed E-state index contributed by atoms with van der Waals surface area (Å²) in [6.45, 7) is 5.59. The van der Waals surface area contributed by atoms with Crippen LogP contribution in [0.1, 0.15) is 42.4 Å². The number of benzene rings is 2. The quantitative estimate of drug-likeness (QED) is 0.712. The summed E-state index contributed by atoms with van der Waals surface area (Å²) in [5, 5.41) is 2.97. The van der Waals surface area contributed by atoms with Crippen molar-refractivity contribution < 1.29 is 9.59 Å². The third-order valence-corrected chi connectivity index (χ3v) is 6.72. The average molecular weight is 420 g/mol. The molecule has 5 heteroatoms. The van der Waals surface area contributed by atoms with Crippen LogP contribution in [0.4, 0.5) is 0 Å². The van der Waals surface area contributed by atoms with E-state index in [9.17, 15) is 9.59 Å². The van der Waals surface area contributed by atoms with Crippen LogP contribution in [0.25, 0.3) is 0 Å². The van der Waals surface area contributed by atoms with Crippen LogP contribution in [0.2, 0.25) is 0 Å². The Labute approximate surface area is 185 Å². The first-order chi connectivity index (χ1) is 15.1.